The second-order valence-electron chi connectivity index (χ2n) is 6.56. The normalized spacial score (nSPS) is 15.1. The largest absolute Gasteiger partial charge is 0.489 e. The Morgan fingerprint density at radius 3 is 2.69 bits per heavy atom. The molecule has 0 aliphatic heterocycles. The lowest BCUT2D eigenvalue weighted by atomic mass is 9.89. The summed E-state index contributed by atoms with van der Waals surface area (Å²) in [5, 5.41) is 4.80. The van der Waals surface area contributed by atoms with E-state index in [-0.39, 0.29) is 11.8 Å². The van der Waals surface area contributed by atoms with Crippen molar-refractivity contribution in [2.24, 2.45) is 11.0 Å². The van der Waals surface area contributed by atoms with Gasteiger partial charge in [0.1, 0.15) is 12.4 Å². The molecule has 0 aromatic heterocycles. The van der Waals surface area contributed by atoms with Crippen LogP contribution in [0.25, 0.3) is 0 Å². The number of nitrogens with zero attached hydrogens (tertiary/aromatic N) is 1. The van der Waals surface area contributed by atoms with Gasteiger partial charge >= 0.3 is 0 Å². The average molecular weight is 371 g/mol. The quantitative estimate of drug-likeness (QED) is 0.577. The number of hydrogen-bond acceptors (Lipinski definition) is 3. The third kappa shape index (κ3) is 5.60. The van der Waals surface area contributed by atoms with Gasteiger partial charge in [-0.25, -0.2) is 5.43 Å². The molecule has 1 fully saturated rings. The Bertz CT molecular complexity index is 753. The first-order chi connectivity index (χ1) is 12.7. The van der Waals surface area contributed by atoms with E-state index in [9.17, 15) is 4.79 Å². The van der Waals surface area contributed by atoms with E-state index in [1.165, 1.54) is 6.42 Å². The third-order valence-electron chi connectivity index (χ3n) is 4.54. The summed E-state index contributed by atoms with van der Waals surface area (Å²) in [7, 11) is 0. The van der Waals surface area contributed by atoms with Crippen LogP contribution in [0.4, 0.5) is 0 Å². The highest BCUT2D eigenvalue weighted by atomic mass is 35.5. The maximum absolute atomic E-state index is 12.1. The minimum Gasteiger partial charge on any atom is -0.489 e. The summed E-state index contributed by atoms with van der Waals surface area (Å²) in [5.41, 5.74) is 4.59. The topological polar surface area (TPSA) is 50.7 Å². The minimum atomic E-state index is 0.0242. The van der Waals surface area contributed by atoms with Crippen LogP contribution in [-0.4, -0.2) is 12.1 Å². The summed E-state index contributed by atoms with van der Waals surface area (Å²) >= 11 is 5.88. The van der Waals surface area contributed by atoms with Gasteiger partial charge in [0.25, 0.3) is 0 Å². The highest BCUT2D eigenvalue weighted by molar-refractivity contribution is 6.30. The van der Waals surface area contributed by atoms with Crippen LogP contribution in [0.15, 0.2) is 53.6 Å². The molecular weight excluding hydrogens is 348 g/mol. The molecule has 0 saturated heterocycles. The highest BCUT2D eigenvalue weighted by Crippen LogP contribution is 2.23. The predicted octanol–water partition coefficient (Wildman–Crippen LogP) is 4.95. The van der Waals surface area contributed by atoms with Crippen molar-refractivity contribution in [2.75, 3.05) is 0 Å². The Hall–Kier alpha value is -2.33. The number of halogens is 1. The molecule has 0 atom stereocenters. The fourth-order valence-electron chi connectivity index (χ4n) is 3.06. The molecule has 0 spiro atoms. The average Bonchev–Trinajstić information content (AvgIpc) is 2.68. The zero-order valence-corrected chi connectivity index (χ0v) is 15.4. The van der Waals surface area contributed by atoms with Crippen molar-refractivity contribution in [3.8, 4) is 5.75 Å². The highest BCUT2D eigenvalue weighted by Gasteiger charge is 2.20. The van der Waals surface area contributed by atoms with Crippen LogP contribution in [0.1, 0.15) is 43.2 Å². The second kappa shape index (κ2) is 9.39. The molecule has 0 bridgehead atoms. The summed E-state index contributed by atoms with van der Waals surface area (Å²) in [5.74, 6) is 0.883. The molecule has 1 N–H and O–H groups in total. The molecule has 0 radical (unpaired) electrons. The van der Waals surface area contributed by atoms with E-state index in [4.69, 9.17) is 16.3 Å². The summed E-state index contributed by atoms with van der Waals surface area (Å²) in [6.07, 6.45) is 7.08. The molecule has 1 aliphatic carbocycles. The van der Waals surface area contributed by atoms with E-state index in [1.807, 2.05) is 48.5 Å². The van der Waals surface area contributed by atoms with Crippen molar-refractivity contribution in [2.45, 2.75) is 38.7 Å². The summed E-state index contributed by atoms with van der Waals surface area (Å²) in [6.45, 7) is 0.468. The first-order valence-electron chi connectivity index (χ1n) is 9.01. The number of rotatable bonds is 6. The van der Waals surface area contributed by atoms with Crippen LogP contribution in [-0.2, 0) is 11.4 Å². The van der Waals surface area contributed by atoms with Crippen molar-refractivity contribution in [1.82, 2.24) is 5.43 Å². The third-order valence-corrected chi connectivity index (χ3v) is 4.79. The first kappa shape index (κ1) is 18.5. The maximum Gasteiger partial charge on any atom is 0.243 e. The number of hydrazone groups is 1. The summed E-state index contributed by atoms with van der Waals surface area (Å²) in [6, 6.07) is 15.2. The van der Waals surface area contributed by atoms with Gasteiger partial charge in [-0.1, -0.05) is 55.1 Å². The fourth-order valence-corrected chi connectivity index (χ4v) is 3.18. The Labute approximate surface area is 159 Å². The van der Waals surface area contributed by atoms with Crippen molar-refractivity contribution in [1.29, 1.82) is 0 Å². The number of hydrogen-bond donors (Lipinski definition) is 1. The number of nitrogens with one attached hydrogen (secondary N) is 1. The lowest BCUT2D eigenvalue weighted by Gasteiger charge is -2.19. The molecule has 4 nitrogen and oxygen atoms in total. The molecule has 0 heterocycles. The minimum absolute atomic E-state index is 0.0242. The van der Waals surface area contributed by atoms with Crippen molar-refractivity contribution in [3.05, 3.63) is 64.7 Å². The van der Waals surface area contributed by atoms with Gasteiger partial charge in [0.05, 0.1) is 6.21 Å². The number of carbonyl (C=O) groups excluding carboxylic acids is 1. The molecule has 26 heavy (non-hydrogen) atoms. The maximum atomic E-state index is 12.1. The molecule has 1 saturated carbocycles. The van der Waals surface area contributed by atoms with Gasteiger partial charge in [0.2, 0.25) is 5.91 Å². The molecule has 136 valence electrons. The first-order valence-corrected chi connectivity index (χ1v) is 9.39. The van der Waals surface area contributed by atoms with Gasteiger partial charge in [-0.15, -0.1) is 0 Å². The van der Waals surface area contributed by atoms with E-state index >= 15 is 0 Å². The van der Waals surface area contributed by atoms with Crippen LogP contribution in [0.3, 0.4) is 0 Å². The summed E-state index contributed by atoms with van der Waals surface area (Å²) < 4.78 is 5.80. The van der Waals surface area contributed by atoms with Crippen LogP contribution >= 0.6 is 11.6 Å². The Morgan fingerprint density at radius 2 is 1.92 bits per heavy atom. The Balaban J connectivity index is 1.51. The zero-order chi connectivity index (χ0) is 18.2. The van der Waals surface area contributed by atoms with Gasteiger partial charge in [0.15, 0.2) is 0 Å². The van der Waals surface area contributed by atoms with Gasteiger partial charge in [0, 0.05) is 10.9 Å². The lowest BCUT2D eigenvalue weighted by molar-refractivity contribution is -0.125. The molecule has 3 rings (SSSR count). The van der Waals surface area contributed by atoms with Crippen LogP contribution in [0.5, 0.6) is 5.75 Å². The Kier molecular flexibility index (Phi) is 6.67. The summed E-state index contributed by atoms with van der Waals surface area (Å²) in [4.78, 5) is 12.1. The van der Waals surface area contributed by atoms with Crippen molar-refractivity contribution in [3.63, 3.8) is 0 Å². The second-order valence-corrected chi connectivity index (χ2v) is 6.99. The Morgan fingerprint density at radius 1 is 1.15 bits per heavy atom. The zero-order valence-electron chi connectivity index (χ0n) is 14.7. The molecule has 5 heteroatoms. The molecular formula is C21H23ClN2O2. The van der Waals surface area contributed by atoms with E-state index in [0.29, 0.717) is 11.6 Å². The standard InChI is InChI=1S/C21H23ClN2O2/c22-19-11-9-16(10-12-19)15-26-20-8-4-5-17(13-20)14-23-24-21(25)18-6-2-1-3-7-18/h4-5,8-14,18H,1-3,6-7,15H2,(H,24,25)/b23-14-. The number of ether oxygens (including phenoxy) is 1. The number of carbonyl (C=O) groups is 1. The molecule has 0 unspecified atom stereocenters. The van der Waals surface area contributed by atoms with Gasteiger partial charge < -0.3 is 4.74 Å². The van der Waals surface area contributed by atoms with Crippen molar-refractivity contribution < 1.29 is 9.53 Å². The van der Waals surface area contributed by atoms with Gasteiger partial charge in [-0.05, 0) is 48.2 Å². The number of amides is 1. The smallest absolute Gasteiger partial charge is 0.243 e. The van der Waals surface area contributed by atoms with E-state index < -0.39 is 0 Å². The molecule has 1 aliphatic rings. The lowest BCUT2D eigenvalue weighted by Crippen LogP contribution is -2.28. The molecule has 2 aromatic carbocycles. The SMILES string of the molecule is O=C(N/N=C\c1cccc(OCc2ccc(Cl)cc2)c1)C1CCCCC1. The van der Waals surface area contributed by atoms with E-state index in [1.54, 1.807) is 6.21 Å². The number of benzene rings is 2. The predicted molar refractivity (Wildman–Crippen MR) is 105 cm³/mol. The van der Waals surface area contributed by atoms with Gasteiger partial charge in [-0.3, -0.25) is 4.79 Å². The molecule has 1 amide bonds. The van der Waals surface area contributed by atoms with E-state index in [0.717, 1.165) is 42.6 Å². The van der Waals surface area contributed by atoms with Crippen molar-refractivity contribution >= 4 is 23.7 Å². The van der Waals surface area contributed by atoms with Gasteiger partial charge in [-0.2, -0.15) is 5.10 Å². The fraction of sp³-hybridized carbons (Fsp3) is 0.333. The van der Waals surface area contributed by atoms with E-state index in [2.05, 4.69) is 10.5 Å². The van der Waals surface area contributed by atoms with Crippen LogP contribution < -0.4 is 10.2 Å². The van der Waals surface area contributed by atoms with Crippen LogP contribution in [0.2, 0.25) is 5.02 Å². The van der Waals surface area contributed by atoms with Crippen LogP contribution in [0, 0.1) is 5.92 Å². The monoisotopic (exact) mass is 370 g/mol. The molecule has 2 aromatic rings.